The number of rotatable bonds is 6. The number of nitrogens with one attached hydrogen (secondary N) is 1. The Morgan fingerprint density at radius 3 is 3.05 bits per heavy atom. The van der Waals surface area contributed by atoms with Crippen LogP contribution in [0.4, 0.5) is 4.39 Å². The van der Waals surface area contributed by atoms with E-state index < -0.39 is 11.6 Å². The Morgan fingerprint density at radius 1 is 1.55 bits per heavy atom. The fraction of sp³-hybridized carbons (Fsp3) is 0.600. The molecule has 1 saturated heterocycles. The molecule has 2 heterocycles. The Labute approximate surface area is 133 Å². The van der Waals surface area contributed by atoms with Gasteiger partial charge in [0.25, 0.3) is 5.91 Å². The van der Waals surface area contributed by atoms with E-state index in [1.54, 1.807) is 0 Å². The minimum atomic E-state index is -2.00. The summed E-state index contributed by atoms with van der Waals surface area (Å²) < 4.78 is 19.7. The molecular formula is C15H21FN2O3S. The van der Waals surface area contributed by atoms with Crippen LogP contribution in [0.15, 0.2) is 17.5 Å². The first-order valence-corrected chi connectivity index (χ1v) is 8.19. The lowest BCUT2D eigenvalue weighted by Gasteiger charge is -2.36. The third-order valence-electron chi connectivity index (χ3n) is 3.70. The highest BCUT2D eigenvalue weighted by Gasteiger charge is 2.43. The molecule has 1 fully saturated rings. The lowest BCUT2D eigenvalue weighted by molar-refractivity contribution is -0.143. The van der Waals surface area contributed by atoms with Crippen molar-refractivity contribution in [3.63, 3.8) is 0 Å². The average molecular weight is 328 g/mol. The van der Waals surface area contributed by atoms with Gasteiger partial charge in [0.15, 0.2) is 0 Å². The van der Waals surface area contributed by atoms with Crippen molar-refractivity contribution in [2.24, 2.45) is 0 Å². The van der Waals surface area contributed by atoms with Crippen LogP contribution in [0.5, 0.6) is 0 Å². The van der Waals surface area contributed by atoms with Gasteiger partial charge in [0.1, 0.15) is 0 Å². The monoisotopic (exact) mass is 328 g/mol. The number of piperidine rings is 1. The molecule has 7 heteroatoms. The zero-order valence-corrected chi connectivity index (χ0v) is 13.5. The minimum absolute atomic E-state index is 0.131. The molecule has 1 unspecified atom stereocenters. The molecule has 1 atom stereocenters. The summed E-state index contributed by atoms with van der Waals surface area (Å²) in [4.78, 5) is 26.7. The Kier molecular flexibility index (Phi) is 5.90. The SMILES string of the molecule is COCCNC(=O)C1(F)CCCN(C(=O)Cc2cccs2)C1. The van der Waals surface area contributed by atoms with Gasteiger partial charge >= 0.3 is 0 Å². The Bertz CT molecular complexity index is 509. The number of hydrogen-bond acceptors (Lipinski definition) is 4. The Balaban J connectivity index is 1.92. The normalized spacial score (nSPS) is 21.6. The summed E-state index contributed by atoms with van der Waals surface area (Å²) in [5, 5.41) is 4.43. The van der Waals surface area contributed by atoms with E-state index in [-0.39, 0.29) is 31.8 Å². The van der Waals surface area contributed by atoms with Crippen LogP contribution in [0.1, 0.15) is 17.7 Å². The predicted molar refractivity (Wildman–Crippen MR) is 82.6 cm³/mol. The van der Waals surface area contributed by atoms with E-state index in [1.165, 1.54) is 23.3 Å². The van der Waals surface area contributed by atoms with Gasteiger partial charge in [-0.1, -0.05) is 6.07 Å². The van der Waals surface area contributed by atoms with Gasteiger partial charge in [0.2, 0.25) is 11.6 Å². The van der Waals surface area contributed by atoms with Crippen molar-refractivity contribution in [1.82, 2.24) is 10.2 Å². The highest BCUT2D eigenvalue weighted by molar-refractivity contribution is 7.10. The standard InChI is InChI=1S/C15H21FN2O3S/c1-21-8-6-17-14(20)15(16)5-3-7-18(11-15)13(19)10-12-4-2-9-22-12/h2,4,9H,3,5-8,10-11H2,1H3,(H,17,20). The molecule has 22 heavy (non-hydrogen) atoms. The summed E-state index contributed by atoms with van der Waals surface area (Å²) in [7, 11) is 1.52. The number of nitrogens with zero attached hydrogens (tertiary/aromatic N) is 1. The number of carbonyl (C=O) groups excluding carboxylic acids is 2. The largest absolute Gasteiger partial charge is 0.383 e. The van der Waals surface area contributed by atoms with Crippen LogP contribution in [0.3, 0.4) is 0 Å². The number of amides is 2. The highest BCUT2D eigenvalue weighted by atomic mass is 32.1. The molecule has 0 radical (unpaired) electrons. The first kappa shape index (κ1) is 16.9. The van der Waals surface area contributed by atoms with Gasteiger partial charge in [0, 0.05) is 25.1 Å². The number of likely N-dealkylation sites (tertiary alicyclic amines) is 1. The third-order valence-corrected chi connectivity index (χ3v) is 4.58. The molecule has 0 saturated carbocycles. The van der Waals surface area contributed by atoms with E-state index >= 15 is 0 Å². The van der Waals surface area contributed by atoms with E-state index in [0.29, 0.717) is 19.6 Å². The zero-order valence-electron chi connectivity index (χ0n) is 12.6. The Morgan fingerprint density at radius 2 is 2.36 bits per heavy atom. The molecule has 1 aliphatic rings. The van der Waals surface area contributed by atoms with E-state index in [9.17, 15) is 14.0 Å². The molecule has 0 bridgehead atoms. The van der Waals surface area contributed by atoms with Crippen molar-refractivity contribution < 1.29 is 18.7 Å². The molecule has 122 valence electrons. The molecule has 1 N–H and O–H groups in total. The van der Waals surface area contributed by atoms with Gasteiger partial charge in [-0.05, 0) is 24.3 Å². The second-order valence-electron chi connectivity index (χ2n) is 5.39. The van der Waals surface area contributed by atoms with Gasteiger partial charge in [-0.15, -0.1) is 11.3 Å². The molecule has 5 nitrogen and oxygen atoms in total. The van der Waals surface area contributed by atoms with Crippen LogP contribution in [0, 0.1) is 0 Å². The van der Waals surface area contributed by atoms with Gasteiger partial charge in [-0.3, -0.25) is 9.59 Å². The maximum Gasteiger partial charge on any atom is 0.259 e. The van der Waals surface area contributed by atoms with E-state index in [4.69, 9.17) is 4.74 Å². The number of ether oxygens (including phenoxy) is 1. The molecule has 2 amide bonds. The summed E-state index contributed by atoms with van der Waals surface area (Å²) in [6.45, 7) is 0.935. The highest BCUT2D eigenvalue weighted by Crippen LogP contribution is 2.26. The van der Waals surface area contributed by atoms with Crippen molar-refractivity contribution in [3.05, 3.63) is 22.4 Å². The van der Waals surface area contributed by atoms with Crippen molar-refractivity contribution in [3.8, 4) is 0 Å². The molecule has 1 aliphatic heterocycles. The molecule has 1 aromatic heterocycles. The number of hydrogen-bond donors (Lipinski definition) is 1. The quantitative estimate of drug-likeness (QED) is 0.803. The van der Waals surface area contributed by atoms with Gasteiger partial charge in [-0.2, -0.15) is 0 Å². The van der Waals surface area contributed by atoms with Crippen LogP contribution < -0.4 is 5.32 Å². The average Bonchev–Trinajstić information content (AvgIpc) is 3.00. The zero-order chi connectivity index (χ0) is 16.0. The lowest BCUT2D eigenvalue weighted by Crippen LogP contribution is -2.56. The predicted octanol–water partition coefficient (Wildman–Crippen LogP) is 1.38. The fourth-order valence-electron chi connectivity index (χ4n) is 2.51. The maximum absolute atomic E-state index is 14.8. The number of halogens is 1. The first-order chi connectivity index (χ1) is 10.5. The van der Waals surface area contributed by atoms with Crippen molar-refractivity contribution in [1.29, 1.82) is 0 Å². The van der Waals surface area contributed by atoms with Crippen LogP contribution in [-0.2, 0) is 20.7 Å². The number of carbonyl (C=O) groups is 2. The fourth-order valence-corrected chi connectivity index (χ4v) is 3.20. The lowest BCUT2D eigenvalue weighted by atomic mass is 9.93. The summed E-state index contributed by atoms with van der Waals surface area (Å²) in [6.07, 6.45) is 0.901. The van der Waals surface area contributed by atoms with Crippen LogP contribution in [-0.4, -0.2) is 55.7 Å². The Hall–Kier alpha value is -1.47. The van der Waals surface area contributed by atoms with Crippen LogP contribution in [0.2, 0.25) is 0 Å². The van der Waals surface area contributed by atoms with Gasteiger partial charge in [-0.25, -0.2) is 4.39 Å². The summed E-state index contributed by atoms with van der Waals surface area (Å²) in [5.41, 5.74) is -2.00. The first-order valence-electron chi connectivity index (χ1n) is 7.31. The van der Waals surface area contributed by atoms with E-state index in [1.807, 2.05) is 17.5 Å². The second-order valence-corrected chi connectivity index (χ2v) is 6.42. The van der Waals surface area contributed by atoms with E-state index in [2.05, 4.69) is 5.32 Å². The van der Waals surface area contributed by atoms with Crippen molar-refractivity contribution in [2.75, 3.05) is 33.4 Å². The molecule has 2 rings (SSSR count). The number of alkyl halides is 1. The molecule has 0 aliphatic carbocycles. The molecule has 0 aromatic carbocycles. The van der Waals surface area contributed by atoms with Gasteiger partial charge in [0.05, 0.1) is 19.6 Å². The second kappa shape index (κ2) is 7.69. The summed E-state index contributed by atoms with van der Waals surface area (Å²) in [5.74, 6) is -0.785. The molecule has 1 aromatic rings. The maximum atomic E-state index is 14.8. The topological polar surface area (TPSA) is 58.6 Å². The smallest absolute Gasteiger partial charge is 0.259 e. The van der Waals surface area contributed by atoms with Crippen molar-refractivity contribution in [2.45, 2.75) is 24.9 Å². The summed E-state index contributed by atoms with van der Waals surface area (Å²) >= 11 is 1.50. The van der Waals surface area contributed by atoms with E-state index in [0.717, 1.165) is 4.88 Å². The van der Waals surface area contributed by atoms with Crippen molar-refractivity contribution >= 4 is 23.2 Å². The number of thiophene rings is 1. The van der Waals surface area contributed by atoms with Crippen LogP contribution >= 0.6 is 11.3 Å². The third kappa shape index (κ3) is 4.27. The minimum Gasteiger partial charge on any atom is -0.383 e. The van der Waals surface area contributed by atoms with Crippen LogP contribution in [0.25, 0.3) is 0 Å². The molecule has 0 spiro atoms. The molecular weight excluding hydrogens is 307 g/mol. The summed E-state index contributed by atoms with van der Waals surface area (Å²) in [6, 6.07) is 3.76. The number of methoxy groups -OCH3 is 1. The van der Waals surface area contributed by atoms with Gasteiger partial charge < -0.3 is 15.0 Å².